The number of alkyl halides is 3. The number of amides is 3. The topological polar surface area (TPSA) is 87.3 Å². The molecule has 6 nitrogen and oxygen atoms in total. The zero-order valence-corrected chi connectivity index (χ0v) is 29.1. The molecule has 0 saturated carbocycles. The highest BCUT2D eigenvalue weighted by Gasteiger charge is 2.35. The van der Waals surface area contributed by atoms with E-state index in [4.69, 9.17) is 11.6 Å². The van der Waals surface area contributed by atoms with Crippen LogP contribution in [-0.4, -0.2) is 17.7 Å². The van der Waals surface area contributed by atoms with Crippen molar-refractivity contribution in [3.05, 3.63) is 166 Å². The predicted octanol–water partition coefficient (Wildman–Crippen LogP) is 10.4. The van der Waals surface area contributed by atoms with Crippen LogP contribution in [0.4, 0.5) is 24.5 Å². The summed E-state index contributed by atoms with van der Waals surface area (Å²) < 4.78 is 41.4. The maximum absolute atomic E-state index is 13.8. The lowest BCUT2D eigenvalue weighted by Crippen LogP contribution is -2.30. The molecule has 5 aromatic rings. The molecule has 51 heavy (non-hydrogen) atoms. The average molecular weight is 728 g/mol. The fourth-order valence-electron chi connectivity index (χ4n) is 5.03. The Morgan fingerprint density at radius 1 is 0.745 bits per heavy atom. The van der Waals surface area contributed by atoms with Crippen LogP contribution in [0, 0.1) is 0 Å². The second-order valence-corrected chi connectivity index (χ2v) is 13.4. The molecule has 3 amide bonds. The van der Waals surface area contributed by atoms with Gasteiger partial charge in [-0.2, -0.15) is 13.2 Å². The fourth-order valence-corrected chi connectivity index (χ4v) is 6.28. The Kier molecular flexibility index (Phi) is 12.0. The fraction of sp³-hybridized carbons (Fsp3) is 0.125. The maximum atomic E-state index is 13.8. The minimum absolute atomic E-state index is 0.00387. The van der Waals surface area contributed by atoms with Crippen molar-refractivity contribution in [2.24, 2.45) is 0 Å². The molecule has 1 atom stereocenters. The number of carbonyl (C=O) groups is 3. The third-order valence-corrected chi connectivity index (χ3v) is 9.16. The highest BCUT2D eigenvalue weighted by molar-refractivity contribution is 8.00. The van der Waals surface area contributed by atoms with Gasteiger partial charge >= 0.3 is 6.18 Å². The number of nitrogens with one attached hydrogen (secondary N) is 3. The van der Waals surface area contributed by atoms with Crippen LogP contribution in [0.5, 0.6) is 0 Å². The van der Waals surface area contributed by atoms with Crippen LogP contribution in [0.1, 0.15) is 57.6 Å². The molecule has 0 aliphatic heterocycles. The quantitative estimate of drug-likeness (QED) is 0.0934. The molecular weight excluding hydrogens is 695 g/mol. The number of halogens is 4. The SMILES string of the molecule is CC(C)c1ccc(/C=C(/NC(=O)c2ccccc2)C(=O)Nc2cccc(SC(C(=O)Nc3ccc(Cl)cc3C(F)(F)F)c3ccccc3)c2)cc1. The highest BCUT2D eigenvalue weighted by atomic mass is 35.5. The first-order chi connectivity index (χ1) is 24.4. The van der Waals surface area contributed by atoms with Gasteiger partial charge in [-0.25, -0.2) is 0 Å². The second-order valence-electron chi connectivity index (χ2n) is 11.8. The number of rotatable bonds is 11. The van der Waals surface area contributed by atoms with Crippen molar-refractivity contribution in [3.8, 4) is 0 Å². The summed E-state index contributed by atoms with van der Waals surface area (Å²) >= 11 is 6.93. The van der Waals surface area contributed by atoms with E-state index in [-0.39, 0.29) is 10.7 Å². The Morgan fingerprint density at radius 3 is 2.06 bits per heavy atom. The lowest BCUT2D eigenvalue weighted by molar-refractivity contribution is -0.137. The predicted molar refractivity (Wildman–Crippen MR) is 198 cm³/mol. The Labute approximate surface area is 303 Å². The van der Waals surface area contributed by atoms with Crippen molar-refractivity contribution >= 4 is 58.5 Å². The summed E-state index contributed by atoms with van der Waals surface area (Å²) in [6.45, 7) is 4.15. The molecule has 0 fully saturated rings. The van der Waals surface area contributed by atoms with E-state index >= 15 is 0 Å². The first kappa shape index (κ1) is 36.9. The van der Waals surface area contributed by atoms with Gasteiger partial charge < -0.3 is 16.0 Å². The number of hydrogen-bond acceptors (Lipinski definition) is 4. The highest BCUT2D eigenvalue weighted by Crippen LogP contribution is 2.40. The molecule has 11 heteroatoms. The molecule has 260 valence electrons. The van der Waals surface area contributed by atoms with E-state index in [0.29, 0.717) is 33.2 Å². The molecule has 0 saturated heterocycles. The zero-order valence-electron chi connectivity index (χ0n) is 27.5. The number of benzene rings is 5. The third-order valence-electron chi connectivity index (χ3n) is 7.67. The largest absolute Gasteiger partial charge is 0.418 e. The zero-order chi connectivity index (χ0) is 36.5. The Balaban J connectivity index is 1.40. The van der Waals surface area contributed by atoms with E-state index in [2.05, 4.69) is 29.8 Å². The molecular formula is C40H33ClF3N3O3S. The van der Waals surface area contributed by atoms with Crippen molar-refractivity contribution in [2.75, 3.05) is 10.6 Å². The van der Waals surface area contributed by atoms with Gasteiger partial charge in [-0.1, -0.05) is 104 Å². The monoisotopic (exact) mass is 727 g/mol. The van der Waals surface area contributed by atoms with E-state index in [0.717, 1.165) is 29.5 Å². The van der Waals surface area contributed by atoms with Gasteiger partial charge in [0.1, 0.15) is 10.9 Å². The number of anilines is 2. The van der Waals surface area contributed by atoms with Crippen LogP contribution in [0.25, 0.3) is 6.08 Å². The van der Waals surface area contributed by atoms with Crippen LogP contribution < -0.4 is 16.0 Å². The van der Waals surface area contributed by atoms with Gasteiger partial charge in [0.2, 0.25) is 5.91 Å². The Bertz CT molecular complexity index is 2040. The van der Waals surface area contributed by atoms with E-state index in [9.17, 15) is 27.6 Å². The van der Waals surface area contributed by atoms with Crippen LogP contribution >= 0.6 is 23.4 Å². The molecule has 0 spiro atoms. The van der Waals surface area contributed by atoms with Crippen LogP contribution in [0.3, 0.4) is 0 Å². The van der Waals surface area contributed by atoms with Crippen LogP contribution in [0.2, 0.25) is 5.02 Å². The van der Waals surface area contributed by atoms with Crippen molar-refractivity contribution < 1.29 is 27.6 Å². The summed E-state index contributed by atoms with van der Waals surface area (Å²) in [6.07, 6.45) is -3.17. The minimum Gasteiger partial charge on any atom is -0.324 e. The third kappa shape index (κ3) is 10.1. The molecule has 0 aliphatic rings. The van der Waals surface area contributed by atoms with Gasteiger partial charge in [0.25, 0.3) is 11.8 Å². The Hall–Kier alpha value is -5.32. The van der Waals surface area contributed by atoms with Gasteiger partial charge in [0.05, 0.1) is 11.3 Å². The normalized spacial score (nSPS) is 12.3. The molecule has 0 aliphatic carbocycles. The summed E-state index contributed by atoms with van der Waals surface area (Å²) in [5.74, 6) is -1.43. The first-order valence-corrected chi connectivity index (χ1v) is 17.1. The van der Waals surface area contributed by atoms with Crippen molar-refractivity contribution in [2.45, 2.75) is 36.1 Å². The van der Waals surface area contributed by atoms with Gasteiger partial charge in [-0.15, -0.1) is 11.8 Å². The number of carbonyl (C=O) groups excluding carboxylic acids is 3. The molecule has 0 heterocycles. The Morgan fingerprint density at radius 2 is 1.41 bits per heavy atom. The summed E-state index contributed by atoms with van der Waals surface area (Å²) in [5, 5.41) is 6.90. The lowest BCUT2D eigenvalue weighted by Gasteiger charge is -2.20. The average Bonchev–Trinajstić information content (AvgIpc) is 3.11. The standard InChI is InChI=1S/C40H33ClF3N3O3S/c1-25(2)27-18-16-26(17-19-27)22-35(47-37(48)29-12-7-4-8-13-29)38(49)45-31-14-9-15-32(24-31)51-36(28-10-5-3-6-11-28)39(50)46-34-21-20-30(41)23-33(34)40(42,43)44/h3-25,36H,1-2H3,(H,45,49)(H,46,50)(H,47,48)/b35-22+. The second kappa shape index (κ2) is 16.6. The summed E-state index contributed by atoms with van der Waals surface area (Å²) in [6, 6.07) is 34.6. The van der Waals surface area contributed by atoms with Crippen LogP contribution in [0.15, 0.2) is 138 Å². The molecule has 0 bridgehead atoms. The summed E-state index contributed by atoms with van der Waals surface area (Å²) in [7, 11) is 0. The smallest absolute Gasteiger partial charge is 0.324 e. The van der Waals surface area contributed by atoms with E-state index < -0.39 is 40.4 Å². The molecule has 0 aromatic heterocycles. The molecule has 5 aromatic carbocycles. The van der Waals surface area contributed by atoms with Crippen molar-refractivity contribution in [3.63, 3.8) is 0 Å². The number of hydrogen-bond donors (Lipinski definition) is 3. The van der Waals surface area contributed by atoms with Gasteiger partial charge in [0.15, 0.2) is 0 Å². The van der Waals surface area contributed by atoms with Gasteiger partial charge in [0, 0.05) is 21.2 Å². The number of thioether (sulfide) groups is 1. The van der Waals surface area contributed by atoms with Crippen molar-refractivity contribution in [1.82, 2.24) is 5.32 Å². The first-order valence-electron chi connectivity index (χ1n) is 15.9. The van der Waals surface area contributed by atoms with E-state index in [1.54, 1.807) is 91.0 Å². The molecule has 3 N–H and O–H groups in total. The summed E-state index contributed by atoms with van der Waals surface area (Å²) in [5.41, 5.74) is 1.63. The van der Waals surface area contributed by atoms with E-state index in [1.807, 2.05) is 24.3 Å². The van der Waals surface area contributed by atoms with Gasteiger partial charge in [-0.3, -0.25) is 14.4 Å². The van der Waals surface area contributed by atoms with Crippen LogP contribution in [-0.2, 0) is 15.8 Å². The maximum Gasteiger partial charge on any atom is 0.418 e. The lowest BCUT2D eigenvalue weighted by atomic mass is 10.0. The van der Waals surface area contributed by atoms with Crippen molar-refractivity contribution in [1.29, 1.82) is 0 Å². The minimum atomic E-state index is -4.75. The summed E-state index contributed by atoms with van der Waals surface area (Å²) in [4.78, 5) is 41.0. The molecule has 1 unspecified atom stereocenters. The van der Waals surface area contributed by atoms with Gasteiger partial charge in [-0.05, 0) is 77.2 Å². The van der Waals surface area contributed by atoms with E-state index in [1.165, 1.54) is 6.07 Å². The molecule has 0 radical (unpaired) electrons. The molecule has 5 rings (SSSR count).